The van der Waals surface area contributed by atoms with Gasteiger partial charge in [-0.3, -0.25) is 0 Å². The topological polar surface area (TPSA) is 66.0 Å². The molecule has 5 heteroatoms. The molecule has 1 saturated heterocycles. The molecule has 5 nitrogen and oxygen atoms in total. The van der Waals surface area contributed by atoms with E-state index in [0.717, 1.165) is 31.5 Å². The lowest BCUT2D eigenvalue weighted by atomic mass is 9.98. The first-order chi connectivity index (χ1) is 9.71. The molecule has 1 aliphatic heterocycles. The summed E-state index contributed by atoms with van der Waals surface area (Å²) in [5.41, 5.74) is 7.18. The van der Waals surface area contributed by atoms with Crippen LogP contribution in [-0.4, -0.2) is 26.7 Å². The van der Waals surface area contributed by atoms with E-state index in [1.807, 2.05) is 10.9 Å². The standard InChI is InChI=1S/C15H26N4O/c1-2-5-13(16)14-11-19(18-17-14)10-12-6-9-15(20-12)7-3-4-8-15/h11-13H,2-10,16H2,1H3. The van der Waals surface area contributed by atoms with Crippen LogP contribution in [-0.2, 0) is 11.3 Å². The monoisotopic (exact) mass is 278 g/mol. The van der Waals surface area contributed by atoms with E-state index >= 15 is 0 Å². The number of ether oxygens (including phenoxy) is 1. The summed E-state index contributed by atoms with van der Waals surface area (Å²) in [6.07, 6.45) is 11.8. The first-order valence-corrected chi connectivity index (χ1v) is 8.04. The first-order valence-electron chi connectivity index (χ1n) is 8.04. The van der Waals surface area contributed by atoms with Gasteiger partial charge in [0.25, 0.3) is 0 Å². The molecule has 2 unspecified atom stereocenters. The maximum absolute atomic E-state index is 6.31. The summed E-state index contributed by atoms with van der Waals surface area (Å²) in [6, 6.07) is 0.0134. The molecule has 1 aliphatic carbocycles. The first kappa shape index (κ1) is 14.0. The number of aromatic nitrogens is 3. The Morgan fingerprint density at radius 1 is 1.45 bits per heavy atom. The molecule has 0 radical (unpaired) electrons. The van der Waals surface area contributed by atoms with E-state index in [0.29, 0.717) is 6.10 Å². The minimum Gasteiger partial charge on any atom is -0.370 e. The Balaban J connectivity index is 1.56. The van der Waals surface area contributed by atoms with Gasteiger partial charge in [-0.1, -0.05) is 31.4 Å². The van der Waals surface area contributed by atoms with Crippen LogP contribution in [0.3, 0.4) is 0 Å². The van der Waals surface area contributed by atoms with Gasteiger partial charge in [-0.2, -0.15) is 0 Å². The zero-order chi connectivity index (χ0) is 14.0. The predicted octanol–water partition coefficient (Wildman–Crippen LogP) is 2.57. The van der Waals surface area contributed by atoms with Gasteiger partial charge in [0, 0.05) is 0 Å². The normalized spacial score (nSPS) is 26.4. The maximum atomic E-state index is 6.31. The smallest absolute Gasteiger partial charge is 0.0994 e. The molecule has 0 aromatic carbocycles. The van der Waals surface area contributed by atoms with Crippen molar-refractivity contribution in [1.82, 2.24) is 15.0 Å². The number of hydrogen-bond donors (Lipinski definition) is 1. The van der Waals surface area contributed by atoms with Crippen LogP contribution < -0.4 is 5.73 Å². The van der Waals surface area contributed by atoms with Gasteiger partial charge in [-0.05, 0) is 32.1 Å². The van der Waals surface area contributed by atoms with Gasteiger partial charge in [0.15, 0.2) is 0 Å². The molecule has 2 atom stereocenters. The second-order valence-electron chi connectivity index (χ2n) is 6.43. The average Bonchev–Trinajstić information content (AvgIpc) is 3.14. The zero-order valence-corrected chi connectivity index (χ0v) is 12.4. The van der Waals surface area contributed by atoms with Crippen molar-refractivity contribution in [2.75, 3.05) is 0 Å². The summed E-state index contributed by atoms with van der Waals surface area (Å²) in [5, 5.41) is 8.40. The van der Waals surface area contributed by atoms with Crippen LogP contribution in [0.1, 0.15) is 70.0 Å². The third kappa shape index (κ3) is 2.88. The SMILES string of the molecule is CCCC(N)c1cn(CC2CCC3(CCCC3)O2)nn1. The Morgan fingerprint density at radius 2 is 2.25 bits per heavy atom. The molecular formula is C15H26N4O. The van der Waals surface area contributed by atoms with E-state index in [9.17, 15) is 0 Å². The number of nitrogens with two attached hydrogens (primary N) is 1. The van der Waals surface area contributed by atoms with Crippen molar-refractivity contribution in [1.29, 1.82) is 0 Å². The molecule has 20 heavy (non-hydrogen) atoms. The lowest BCUT2D eigenvalue weighted by Gasteiger charge is -2.23. The van der Waals surface area contributed by atoms with Crippen LogP contribution in [0.2, 0.25) is 0 Å². The number of nitrogens with zero attached hydrogens (tertiary/aromatic N) is 3. The van der Waals surface area contributed by atoms with E-state index in [2.05, 4.69) is 17.2 Å². The van der Waals surface area contributed by atoms with Gasteiger partial charge in [0.05, 0.1) is 36.2 Å². The molecule has 2 N–H and O–H groups in total. The van der Waals surface area contributed by atoms with Gasteiger partial charge >= 0.3 is 0 Å². The number of rotatable bonds is 5. The lowest BCUT2D eigenvalue weighted by Crippen LogP contribution is -2.26. The minimum atomic E-state index is 0.0134. The van der Waals surface area contributed by atoms with Crippen LogP contribution in [0.15, 0.2) is 6.20 Å². The summed E-state index contributed by atoms with van der Waals surface area (Å²) in [4.78, 5) is 0. The van der Waals surface area contributed by atoms with Crippen LogP contribution >= 0.6 is 0 Å². The van der Waals surface area contributed by atoms with Crippen molar-refractivity contribution in [2.45, 2.75) is 82.6 Å². The molecule has 1 aromatic rings. The predicted molar refractivity (Wildman–Crippen MR) is 77.2 cm³/mol. The van der Waals surface area contributed by atoms with E-state index in [4.69, 9.17) is 10.5 Å². The molecule has 0 bridgehead atoms. The van der Waals surface area contributed by atoms with Gasteiger partial charge in [0.2, 0.25) is 0 Å². The Morgan fingerprint density at radius 3 is 3.00 bits per heavy atom. The molecule has 1 spiro atoms. The van der Waals surface area contributed by atoms with E-state index in [-0.39, 0.29) is 11.6 Å². The van der Waals surface area contributed by atoms with Crippen molar-refractivity contribution < 1.29 is 4.74 Å². The zero-order valence-electron chi connectivity index (χ0n) is 12.4. The largest absolute Gasteiger partial charge is 0.370 e. The summed E-state index contributed by atoms with van der Waals surface area (Å²) in [7, 11) is 0. The van der Waals surface area contributed by atoms with Crippen molar-refractivity contribution >= 4 is 0 Å². The third-order valence-corrected chi connectivity index (χ3v) is 4.78. The summed E-state index contributed by atoms with van der Waals surface area (Å²) < 4.78 is 8.22. The summed E-state index contributed by atoms with van der Waals surface area (Å²) in [5.74, 6) is 0. The number of hydrogen-bond acceptors (Lipinski definition) is 4. The Kier molecular flexibility index (Phi) is 4.08. The average molecular weight is 278 g/mol. The molecule has 0 amide bonds. The van der Waals surface area contributed by atoms with Gasteiger partial charge < -0.3 is 10.5 Å². The Labute approximate surface area is 120 Å². The van der Waals surface area contributed by atoms with Gasteiger partial charge in [-0.15, -0.1) is 5.10 Å². The molecule has 2 fully saturated rings. The van der Waals surface area contributed by atoms with Crippen molar-refractivity contribution in [2.24, 2.45) is 5.73 Å². The highest BCUT2D eigenvalue weighted by atomic mass is 16.5. The fraction of sp³-hybridized carbons (Fsp3) is 0.867. The fourth-order valence-corrected chi connectivity index (χ4v) is 3.65. The van der Waals surface area contributed by atoms with E-state index in [1.54, 1.807) is 0 Å². The van der Waals surface area contributed by atoms with Crippen molar-refractivity contribution in [3.8, 4) is 0 Å². The molecule has 112 valence electrons. The van der Waals surface area contributed by atoms with Crippen LogP contribution in [0, 0.1) is 0 Å². The van der Waals surface area contributed by atoms with Crippen LogP contribution in [0.4, 0.5) is 0 Å². The third-order valence-electron chi connectivity index (χ3n) is 4.78. The molecule has 2 heterocycles. The highest BCUT2D eigenvalue weighted by molar-refractivity contribution is 5.00. The maximum Gasteiger partial charge on any atom is 0.0994 e. The van der Waals surface area contributed by atoms with Crippen LogP contribution in [0.5, 0.6) is 0 Å². The molecular weight excluding hydrogens is 252 g/mol. The van der Waals surface area contributed by atoms with Crippen molar-refractivity contribution in [3.63, 3.8) is 0 Å². The van der Waals surface area contributed by atoms with Crippen LogP contribution in [0.25, 0.3) is 0 Å². The highest BCUT2D eigenvalue weighted by Crippen LogP contribution is 2.43. The molecule has 3 rings (SSSR count). The Bertz CT molecular complexity index is 439. The Hall–Kier alpha value is -0.940. The highest BCUT2D eigenvalue weighted by Gasteiger charge is 2.42. The van der Waals surface area contributed by atoms with E-state index in [1.165, 1.54) is 32.1 Å². The fourth-order valence-electron chi connectivity index (χ4n) is 3.65. The lowest BCUT2D eigenvalue weighted by molar-refractivity contribution is -0.0430. The van der Waals surface area contributed by atoms with Gasteiger partial charge in [-0.25, -0.2) is 4.68 Å². The summed E-state index contributed by atoms with van der Waals surface area (Å²) in [6.45, 7) is 2.95. The summed E-state index contributed by atoms with van der Waals surface area (Å²) >= 11 is 0. The van der Waals surface area contributed by atoms with E-state index < -0.39 is 0 Å². The molecule has 1 saturated carbocycles. The van der Waals surface area contributed by atoms with Crippen molar-refractivity contribution in [3.05, 3.63) is 11.9 Å². The second-order valence-corrected chi connectivity index (χ2v) is 6.43. The van der Waals surface area contributed by atoms with Gasteiger partial charge in [0.1, 0.15) is 0 Å². The quantitative estimate of drug-likeness (QED) is 0.899. The molecule has 1 aromatic heterocycles. The minimum absolute atomic E-state index is 0.0134. The molecule has 2 aliphatic rings. The second kappa shape index (κ2) is 5.82.